The molecule has 3 rings (SSSR count). The van der Waals surface area contributed by atoms with Crippen molar-refractivity contribution in [3.05, 3.63) is 28.7 Å². The Hall–Kier alpha value is -1.53. The zero-order chi connectivity index (χ0) is 14.8. The molecular formula is C15H21N5S. The third kappa shape index (κ3) is 3.57. The third-order valence-corrected chi connectivity index (χ3v) is 4.59. The van der Waals surface area contributed by atoms with Gasteiger partial charge in [-0.05, 0) is 40.3 Å². The standard InChI is InChI=1S/C15H21N5S/c1-10-7-13(19-15-17-11(2)9-21-15)18-14(16-10)12-5-4-6-20(3)8-12/h7,9,12H,4-6,8H2,1-3H3,(H,16,17,18,19)/t12-/m0/s1. The third-order valence-electron chi connectivity index (χ3n) is 3.72. The van der Waals surface area contributed by atoms with Crippen molar-refractivity contribution in [1.29, 1.82) is 0 Å². The van der Waals surface area contributed by atoms with E-state index in [9.17, 15) is 0 Å². The van der Waals surface area contributed by atoms with Crippen LogP contribution in [0.25, 0.3) is 0 Å². The summed E-state index contributed by atoms with van der Waals surface area (Å²) >= 11 is 1.60. The normalized spacial score (nSPS) is 19.7. The molecule has 2 aromatic rings. The van der Waals surface area contributed by atoms with Gasteiger partial charge in [0.05, 0.1) is 5.69 Å². The molecule has 1 N–H and O–H groups in total. The van der Waals surface area contributed by atoms with E-state index in [1.54, 1.807) is 11.3 Å². The van der Waals surface area contributed by atoms with Crippen LogP contribution in [0.4, 0.5) is 10.9 Å². The molecule has 6 heteroatoms. The minimum Gasteiger partial charge on any atom is -0.316 e. The van der Waals surface area contributed by atoms with Crippen molar-refractivity contribution in [2.45, 2.75) is 32.6 Å². The van der Waals surface area contributed by atoms with Gasteiger partial charge >= 0.3 is 0 Å². The highest BCUT2D eigenvalue weighted by atomic mass is 32.1. The lowest BCUT2D eigenvalue weighted by Gasteiger charge is -2.28. The summed E-state index contributed by atoms with van der Waals surface area (Å²) in [7, 11) is 2.17. The molecule has 1 aliphatic heterocycles. The molecule has 112 valence electrons. The fraction of sp³-hybridized carbons (Fsp3) is 0.533. The van der Waals surface area contributed by atoms with Gasteiger partial charge in [-0.15, -0.1) is 11.3 Å². The van der Waals surface area contributed by atoms with Crippen LogP contribution in [0.1, 0.15) is 36.0 Å². The number of thiazole rings is 1. The van der Waals surface area contributed by atoms with Crippen LogP contribution in [0.15, 0.2) is 11.4 Å². The van der Waals surface area contributed by atoms with Crippen molar-refractivity contribution >= 4 is 22.3 Å². The molecule has 0 spiro atoms. The second kappa shape index (κ2) is 6.07. The summed E-state index contributed by atoms with van der Waals surface area (Å²) in [6, 6.07) is 1.98. The number of likely N-dealkylation sites (N-methyl/N-ethyl adjacent to an activating group) is 1. The lowest BCUT2D eigenvalue weighted by atomic mass is 9.97. The molecule has 1 atom stereocenters. The first-order valence-electron chi connectivity index (χ1n) is 7.33. The summed E-state index contributed by atoms with van der Waals surface area (Å²) in [5.41, 5.74) is 2.03. The van der Waals surface area contributed by atoms with Crippen LogP contribution < -0.4 is 5.32 Å². The Balaban J connectivity index is 1.82. The summed E-state index contributed by atoms with van der Waals surface area (Å²) < 4.78 is 0. The van der Waals surface area contributed by atoms with Gasteiger partial charge in [0, 0.05) is 29.6 Å². The minimum absolute atomic E-state index is 0.433. The van der Waals surface area contributed by atoms with Gasteiger partial charge in [0.25, 0.3) is 0 Å². The van der Waals surface area contributed by atoms with Crippen molar-refractivity contribution in [3.63, 3.8) is 0 Å². The molecule has 5 nitrogen and oxygen atoms in total. The van der Waals surface area contributed by atoms with E-state index in [0.29, 0.717) is 5.92 Å². The fourth-order valence-corrected chi connectivity index (χ4v) is 3.43. The highest BCUT2D eigenvalue weighted by Gasteiger charge is 2.22. The molecule has 21 heavy (non-hydrogen) atoms. The van der Waals surface area contributed by atoms with Crippen LogP contribution in [0.2, 0.25) is 0 Å². The van der Waals surface area contributed by atoms with Crippen molar-refractivity contribution in [1.82, 2.24) is 19.9 Å². The van der Waals surface area contributed by atoms with Crippen LogP contribution in [-0.4, -0.2) is 40.0 Å². The number of aromatic nitrogens is 3. The molecular weight excluding hydrogens is 282 g/mol. The SMILES string of the molecule is Cc1cc(Nc2nc(C)cs2)nc([C@H]2CCCN(C)C2)n1. The van der Waals surface area contributed by atoms with Gasteiger partial charge in [-0.3, -0.25) is 0 Å². The van der Waals surface area contributed by atoms with Gasteiger partial charge in [0.2, 0.25) is 0 Å². The Kier molecular flexibility index (Phi) is 4.17. The average molecular weight is 303 g/mol. The molecule has 0 aliphatic carbocycles. The van der Waals surface area contributed by atoms with Crippen LogP contribution >= 0.6 is 11.3 Å². The Morgan fingerprint density at radius 1 is 1.24 bits per heavy atom. The predicted octanol–water partition coefficient (Wildman–Crippen LogP) is 3.10. The number of rotatable bonds is 3. The Labute approximate surface area is 129 Å². The topological polar surface area (TPSA) is 53.9 Å². The number of nitrogens with zero attached hydrogens (tertiary/aromatic N) is 4. The highest BCUT2D eigenvalue weighted by molar-refractivity contribution is 7.13. The smallest absolute Gasteiger partial charge is 0.188 e. The number of piperidine rings is 1. The fourth-order valence-electron chi connectivity index (χ4n) is 2.74. The summed E-state index contributed by atoms with van der Waals surface area (Å²) in [6.45, 7) is 6.23. The van der Waals surface area contributed by atoms with Crippen molar-refractivity contribution in [2.75, 3.05) is 25.5 Å². The predicted molar refractivity (Wildman–Crippen MR) is 86.4 cm³/mol. The number of aryl methyl sites for hydroxylation is 2. The Morgan fingerprint density at radius 3 is 2.81 bits per heavy atom. The minimum atomic E-state index is 0.433. The second-order valence-electron chi connectivity index (χ2n) is 5.77. The Bertz CT molecular complexity index is 624. The van der Waals surface area contributed by atoms with Gasteiger partial charge in [-0.1, -0.05) is 0 Å². The molecule has 0 amide bonds. The van der Waals surface area contributed by atoms with E-state index in [0.717, 1.165) is 34.7 Å². The van der Waals surface area contributed by atoms with Crippen molar-refractivity contribution in [2.24, 2.45) is 0 Å². The maximum Gasteiger partial charge on any atom is 0.188 e. The van der Waals surface area contributed by atoms with Gasteiger partial charge in [0.15, 0.2) is 5.13 Å². The van der Waals surface area contributed by atoms with Crippen LogP contribution in [0, 0.1) is 13.8 Å². The zero-order valence-electron chi connectivity index (χ0n) is 12.8. The first kappa shape index (κ1) is 14.4. The van der Waals surface area contributed by atoms with E-state index >= 15 is 0 Å². The molecule has 0 saturated carbocycles. The van der Waals surface area contributed by atoms with E-state index in [1.807, 2.05) is 25.3 Å². The molecule has 2 aromatic heterocycles. The second-order valence-corrected chi connectivity index (χ2v) is 6.63. The Morgan fingerprint density at radius 2 is 2.10 bits per heavy atom. The lowest BCUT2D eigenvalue weighted by molar-refractivity contribution is 0.246. The molecule has 1 aliphatic rings. The van der Waals surface area contributed by atoms with Crippen molar-refractivity contribution in [3.8, 4) is 0 Å². The van der Waals surface area contributed by atoms with E-state index in [1.165, 1.54) is 19.4 Å². The van der Waals surface area contributed by atoms with E-state index in [-0.39, 0.29) is 0 Å². The van der Waals surface area contributed by atoms with Crippen LogP contribution in [0.5, 0.6) is 0 Å². The van der Waals surface area contributed by atoms with E-state index < -0.39 is 0 Å². The van der Waals surface area contributed by atoms with Crippen molar-refractivity contribution < 1.29 is 0 Å². The summed E-state index contributed by atoms with van der Waals surface area (Å²) in [5, 5.41) is 6.22. The molecule has 1 saturated heterocycles. The number of nitrogens with one attached hydrogen (secondary N) is 1. The number of likely N-dealkylation sites (tertiary alicyclic amines) is 1. The lowest BCUT2D eigenvalue weighted by Crippen LogP contribution is -2.31. The molecule has 1 fully saturated rings. The molecule has 0 bridgehead atoms. The summed E-state index contributed by atoms with van der Waals surface area (Å²) in [6.07, 6.45) is 2.39. The summed E-state index contributed by atoms with van der Waals surface area (Å²) in [5.74, 6) is 2.24. The largest absolute Gasteiger partial charge is 0.316 e. The van der Waals surface area contributed by atoms with E-state index in [4.69, 9.17) is 4.98 Å². The number of hydrogen-bond acceptors (Lipinski definition) is 6. The molecule has 0 radical (unpaired) electrons. The quantitative estimate of drug-likeness (QED) is 0.944. The van der Waals surface area contributed by atoms with Gasteiger partial charge in [-0.2, -0.15) is 0 Å². The first-order chi connectivity index (χ1) is 10.1. The van der Waals surface area contributed by atoms with Gasteiger partial charge in [-0.25, -0.2) is 15.0 Å². The maximum atomic E-state index is 4.71. The van der Waals surface area contributed by atoms with Crippen LogP contribution in [0.3, 0.4) is 0 Å². The van der Waals surface area contributed by atoms with Gasteiger partial charge in [0.1, 0.15) is 11.6 Å². The van der Waals surface area contributed by atoms with E-state index in [2.05, 4.69) is 27.2 Å². The highest BCUT2D eigenvalue weighted by Crippen LogP contribution is 2.26. The first-order valence-corrected chi connectivity index (χ1v) is 8.21. The molecule has 0 unspecified atom stereocenters. The monoisotopic (exact) mass is 303 g/mol. The molecule has 3 heterocycles. The number of anilines is 2. The maximum absolute atomic E-state index is 4.71. The zero-order valence-corrected chi connectivity index (χ0v) is 13.6. The molecule has 0 aromatic carbocycles. The van der Waals surface area contributed by atoms with Crippen LogP contribution in [-0.2, 0) is 0 Å². The van der Waals surface area contributed by atoms with Gasteiger partial charge < -0.3 is 10.2 Å². The summed E-state index contributed by atoms with van der Waals surface area (Å²) in [4.78, 5) is 16.1. The average Bonchev–Trinajstić information content (AvgIpc) is 2.83. The number of hydrogen-bond donors (Lipinski definition) is 1.